The fourth-order valence-corrected chi connectivity index (χ4v) is 1.79. The van der Waals surface area contributed by atoms with Crippen LogP contribution in [0.15, 0.2) is 6.58 Å². The van der Waals surface area contributed by atoms with E-state index in [1.54, 1.807) is 0 Å². The second-order valence-electron chi connectivity index (χ2n) is 3.37. The molecule has 16 heavy (non-hydrogen) atoms. The van der Waals surface area contributed by atoms with Crippen LogP contribution in [0, 0.1) is 0 Å². The Labute approximate surface area is 94.3 Å². The number of fused-ring (bicyclic) bond motifs is 1. The predicted octanol–water partition coefficient (Wildman–Crippen LogP) is 2.98. The summed E-state index contributed by atoms with van der Waals surface area (Å²) in [6.07, 6.45) is -4.01. The third-order valence-electron chi connectivity index (χ3n) is 2.28. The Morgan fingerprint density at radius 3 is 2.62 bits per heavy atom. The summed E-state index contributed by atoms with van der Waals surface area (Å²) in [5, 5.41) is 8.93. The summed E-state index contributed by atoms with van der Waals surface area (Å²) >= 11 is 5.43. The second-order valence-corrected chi connectivity index (χ2v) is 3.73. The molecule has 0 amide bonds. The molecule has 2 heterocycles. The lowest BCUT2D eigenvalue weighted by Gasteiger charge is -2.22. The molecular weight excluding hydrogens is 243 g/mol. The van der Waals surface area contributed by atoms with Crippen LogP contribution in [-0.2, 0) is 6.18 Å². The van der Waals surface area contributed by atoms with Gasteiger partial charge in [0.1, 0.15) is 11.3 Å². The first kappa shape index (κ1) is 11.2. The highest BCUT2D eigenvalue weighted by molar-refractivity contribution is 6.30. The third kappa shape index (κ3) is 1.73. The molecule has 0 saturated carbocycles. The molecule has 0 unspecified atom stereocenters. The van der Waals surface area contributed by atoms with Crippen LogP contribution in [0.4, 0.5) is 18.9 Å². The van der Waals surface area contributed by atoms with E-state index in [0.29, 0.717) is 18.5 Å². The van der Waals surface area contributed by atoms with Crippen molar-refractivity contribution in [3.63, 3.8) is 0 Å². The lowest BCUT2D eigenvalue weighted by molar-refractivity contribution is -0.137. The molecule has 0 aliphatic carbocycles. The maximum atomic E-state index is 12.7. The molecule has 2 rings (SSSR count). The van der Waals surface area contributed by atoms with Crippen LogP contribution in [0.5, 0.6) is 0 Å². The minimum Gasteiger partial charge on any atom is -0.382 e. The summed E-state index contributed by atoms with van der Waals surface area (Å²) in [5.41, 5.74) is -0.421. The quantitative estimate of drug-likeness (QED) is 0.768. The van der Waals surface area contributed by atoms with Crippen molar-refractivity contribution in [3.8, 4) is 0 Å². The minimum atomic E-state index is -4.55. The van der Waals surface area contributed by atoms with E-state index in [0.717, 1.165) is 0 Å². The van der Waals surface area contributed by atoms with Crippen LogP contribution < -0.4 is 5.32 Å². The Kier molecular flexibility index (Phi) is 2.53. The summed E-state index contributed by atoms with van der Waals surface area (Å²) in [7, 11) is 0. The van der Waals surface area contributed by atoms with Gasteiger partial charge in [-0.3, -0.25) is 0 Å². The van der Waals surface area contributed by atoms with Gasteiger partial charge in [0.15, 0.2) is 5.15 Å². The summed E-state index contributed by atoms with van der Waals surface area (Å²) in [5.74, 6) is 0. The minimum absolute atomic E-state index is 0.122. The van der Waals surface area contributed by atoms with E-state index in [4.69, 9.17) is 11.6 Å². The Morgan fingerprint density at radius 2 is 2.00 bits per heavy atom. The predicted molar refractivity (Wildman–Crippen MR) is 54.2 cm³/mol. The van der Waals surface area contributed by atoms with Crippen LogP contribution in [0.2, 0.25) is 5.15 Å². The van der Waals surface area contributed by atoms with Crippen LogP contribution in [0.3, 0.4) is 0 Å². The van der Waals surface area contributed by atoms with Crippen molar-refractivity contribution in [2.45, 2.75) is 12.6 Å². The lowest BCUT2D eigenvalue weighted by Crippen LogP contribution is -2.20. The molecule has 1 aliphatic rings. The largest absolute Gasteiger partial charge is 0.421 e. The number of alkyl halides is 3. The maximum absolute atomic E-state index is 12.7. The van der Waals surface area contributed by atoms with Gasteiger partial charge in [-0.15, -0.1) is 10.2 Å². The highest BCUT2D eigenvalue weighted by atomic mass is 35.5. The summed E-state index contributed by atoms with van der Waals surface area (Å²) in [4.78, 5) is 0. The standard InChI is InChI=1S/C9H7ClF3N3/c1-4-2-3-14-7-5(9(11,12)13)8(10)16-15-6(4)7/h14H,1-3H2. The summed E-state index contributed by atoms with van der Waals surface area (Å²) < 4.78 is 38.2. The van der Waals surface area contributed by atoms with Crippen LogP contribution in [0.1, 0.15) is 17.7 Å². The molecular formula is C9H7ClF3N3. The van der Waals surface area contributed by atoms with Gasteiger partial charge in [0.25, 0.3) is 0 Å². The van der Waals surface area contributed by atoms with Gasteiger partial charge in [-0.2, -0.15) is 13.2 Å². The third-order valence-corrected chi connectivity index (χ3v) is 2.54. The Morgan fingerprint density at radius 1 is 1.31 bits per heavy atom. The molecule has 0 saturated heterocycles. The van der Waals surface area contributed by atoms with Gasteiger partial charge >= 0.3 is 6.18 Å². The average molecular weight is 250 g/mol. The van der Waals surface area contributed by atoms with Gasteiger partial charge in [0.2, 0.25) is 0 Å². The molecule has 1 aromatic heterocycles. The smallest absolute Gasteiger partial charge is 0.382 e. The zero-order valence-corrected chi connectivity index (χ0v) is 8.78. The number of anilines is 1. The Hall–Kier alpha value is -1.30. The van der Waals surface area contributed by atoms with Crippen molar-refractivity contribution < 1.29 is 13.2 Å². The highest BCUT2D eigenvalue weighted by Gasteiger charge is 2.39. The van der Waals surface area contributed by atoms with E-state index >= 15 is 0 Å². The number of rotatable bonds is 0. The van der Waals surface area contributed by atoms with E-state index in [9.17, 15) is 13.2 Å². The van der Waals surface area contributed by atoms with Gasteiger partial charge in [-0.1, -0.05) is 18.2 Å². The molecule has 0 spiro atoms. The van der Waals surface area contributed by atoms with Gasteiger partial charge in [0, 0.05) is 6.54 Å². The maximum Gasteiger partial charge on any atom is 0.421 e. The molecule has 0 radical (unpaired) electrons. The number of halogens is 4. The van der Waals surface area contributed by atoms with Gasteiger partial charge < -0.3 is 5.32 Å². The number of aromatic nitrogens is 2. The van der Waals surface area contributed by atoms with E-state index in [2.05, 4.69) is 22.1 Å². The summed E-state index contributed by atoms with van der Waals surface area (Å²) in [6.45, 7) is 4.04. The summed E-state index contributed by atoms with van der Waals surface area (Å²) in [6, 6.07) is 0. The molecule has 0 bridgehead atoms. The normalized spacial score (nSPS) is 15.6. The number of hydrogen-bond donors (Lipinski definition) is 1. The van der Waals surface area contributed by atoms with Gasteiger partial charge in [-0.05, 0) is 12.0 Å². The topological polar surface area (TPSA) is 37.8 Å². The van der Waals surface area contributed by atoms with E-state index in [1.807, 2.05) is 0 Å². The van der Waals surface area contributed by atoms with Crippen molar-refractivity contribution in [3.05, 3.63) is 23.0 Å². The Bertz CT molecular complexity index is 456. The molecule has 7 heteroatoms. The zero-order chi connectivity index (χ0) is 11.9. The molecule has 0 atom stereocenters. The highest BCUT2D eigenvalue weighted by Crippen LogP contribution is 2.42. The van der Waals surface area contributed by atoms with Crippen LogP contribution in [-0.4, -0.2) is 16.7 Å². The van der Waals surface area contributed by atoms with E-state index in [1.165, 1.54) is 0 Å². The second kappa shape index (κ2) is 3.62. The average Bonchev–Trinajstić information content (AvgIpc) is 2.15. The SMILES string of the molecule is C=C1CCNc2c1nnc(Cl)c2C(F)(F)F. The van der Waals surface area contributed by atoms with E-state index in [-0.39, 0.29) is 11.4 Å². The van der Waals surface area contributed by atoms with E-state index < -0.39 is 16.9 Å². The fourth-order valence-electron chi connectivity index (χ4n) is 1.55. The van der Waals surface area contributed by atoms with Crippen molar-refractivity contribution >= 4 is 22.9 Å². The van der Waals surface area contributed by atoms with Crippen molar-refractivity contribution in [2.24, 2.45) is 0 Å². The van der Waals surface area contributed by atoms with Crippen molar-refractivity contribution in [1.82, 2.24) is 10.2 Å². The molecule has 1 aromatic rings. The fraction of sp³-hybridized carbons (Fsp3) is 0.333. The molecule has 1 aliphatic heterocycles. The van der Waals surface area contributed by atoms with Crippen molar-refractivity contribution in [1.29, 1.82) is 0 Å². The molecule has 0 fully saturated rings. The first-order valence-electron chi connectivity index (χ1n) is 4.46. The molecule has 86 valence electrons. The first-order chi connectivity index (χ1) is 7.41. The molecule has 3 nitrogen and oxygen atoms in total. The number of nitrogens with zero attached hydrogens (tertiary/aromatic N) is 2. The molecule has 0 aromatic carbocycles. The van der Waals surface area contributed by atoms with Gasteiger partial charge in [-0.25, -0.2) is 0 Å². The Balaban J connectivity index is 2.68. The monoisotopic (exact) mass is 249 g/mol. The first-order valence-corrected chi connectivity index (χ1v) is 4.84. The van der Waals surface area contributed by atoms with Crippen molar-refractivity contribution in [2.75, 3.05) is 11.9 Å². The van der Waals surface area contributed by atoms with Gasteiger partial charge in [0.05, 0.1) is 5.69 Å². The van der Waals surface area contributed by atoms with Crippen LogP contribution in [0.25, 0.3) is 5.57 Å². The van der Waals surface area contributed by atoms with Crippen LogP contribution >= 0.6 is 11.6 Å². The number of hydrogen-bond acceptors (Lipinski definition) is 3. The number of nitrogens with one attached hydrogen (secondary N) is 1. The lowest BCUT2D eigenvalue weighted by atomic mass is 10.0. The molecule has 1 N–H and O–H groups in total. The zero-order valence-electron chi connectivity index (χ0n) is 8.03.